The van der Waals surface area contributed by atoms with E-state index in [4.69, 9.17) is 17.3 Å². The van der Waals surface area contributed by atoms with Crippen molar-refractivity contribution in [1.82, 2.24) is 9.78 Å². The predicted octanol–water partition coefficient (Wildman–Crippen LogP) is 2.78. The molecule has 0 saturated heterocycles. The van der Waals surface area contributed by atoms with Gasteiger partial charge in [0, 0.05) is 23.8 Å². The highest BCUT2D eigenvalue weighted by Gasteiger charge is 2.15. The van der Waals surface area contributed by atoms with E-state index in [1.165, 1.54) is 11.8 Å². The van der Waals surface area contributed by atoms with Gasteiger partial charge in [-0.2, -0.15) is 5.10 Å². The van der Waals surface area contributed by atoms with Crippen LogP contribution in [0.3, 0.4) is 0 Å². The van der Waals surface area contributed by atoms with Crippen molar-refractivity contribution in [3.63, 3.8) is 0 Å². The number of anilines is 2. The van der Waals surface area contributed by atoms with Crippen LogP contribution < -0.4 is 11.1 Å². The summed E-state index contributed by atoms with van der Waals surface area (Å²) < 4.78 is 1.70. The zero-order valence-corrected chi connectivity index (χ0v) is 12.7. The average molecular weight is 311 g/mol. The second-order valence-electron chi connectivity index (χ2n) is 4.34. The second-order valence-corrected chi connectivity index (χ2v) is 6.16. The van der Waals surface area contributed by atoms with E-state index in [2.05, 4.69) is 10.4 Å². The van der Waals surface area contributed by atoms with E-state index in [9.17, 15) is 4.79 Å². The molecule has 1 aromatic heterocycles. The molecule has 0 spiro atoms. The van der Waals surface area contributed by atoms with Crippen LogP contribution in [0.1, 0.15) is 6.92 Å². The molecule has 1 unspecified atom stereocenters. The molecule has 2 aromatic rings. The third-order valence-corrected chi connectivity index (χ3v) is 4.02. The highest BCUT2D eigenvalue weighted by molar-refractivity contribution is 8.00. The second kappa shape index (κ2) is 6.19. The van der Waals surface area contributed by atoms with Crippen LogP contribution in [0.2, 0.25) is 5.02 Å². The first-order chi connectivity index (χ1) is 9.45. The van der Waals surface area contributed by atoms with Gasteiger partial charge in [-0.1, -0.05) is 11.6 Å². The maximum atomic E-state index is 12.1. The molecule has 1 heterocycles. The normalized spacial score (nSPS) is 12.2. The number of nitrogens with one attached hydrogen (secondary N) is 1. The molecule has 1 atom stereocenters. The van der Waals surface area contributed by atoms with E-state index in [0.717, 1.165) is 4.90 Å². The fraction of sp³-hybridized carbons (Fsp3) is 0.231. The summed E-state index contributed by atoms with van der Waals surface area (Å²) in [6, 6.07) is 5.02. The Morgan fingerprint density at radius 2 is 2.30 bits per heavy atom. The summed E-state index contributed by atoms with van der Waals surface area (Å²) in [5.41, 5.74) is 6.78. The lowest BCUT2D eigenvalue weighted by molar-refractivity contribution is -0.115. The number of nitrogens with two attached hydrogens (primary N) is 1. The van der Waals surface area contributed by atoms with Gasteiger partial charge in [0.1, 0.15) is 0 Å². The van der Waals surface area contributed by atoms with Gasteiger partial charge in [-0.25, -0.2) is 0 Å². The first kappa shape index (κ1) is 14.7. The molecule has 20 heavy (non-hydrogen) atoms. The van der Waals surface area contributed by atoms with Crippen molar-refractivity contribution in [3.8, 4) is 0 Å². The number of carbonyl (C=O) groups is 1. The lowest BCUT2D eigenvalue weighted by Gasteiger charge is -2.11. The number of aromatic nitrogens is 2. The fourth-order valence-electron chi connectivity index (χ4n) is 1.58. The van der Waals surface area contributed by atoms with Gasteiger partial charge in [0.2, 0.25) is 5.91 Å². The van der Waals surface area contributed by atoms with Crippen molar-refractivity contribution in [2.45, 2.75) is 17.1 Å². The Morgan fingerprint density at radius 3 is 2.90 bits per heavy atom. The average Bonchev–Trinajstić information content (AvgIpc) is 2.79. The molecule has 2 rings (SSSR count). The Balaban J connectivity index is 1.98. The van der Waals surface area contributed by atoms with E-state index in [-0.39, 0.29) is 11.2 Å². The number of thioether (sulfide) groups is 1. The molecule has 7 heteroatoms. The lowest BCUT2D eigenvalue weighted by Crippen LogP contribution is -2.22. The molecule has 5 nitrogen and oxygen atoms in total. The summed E-state index contributed by atoms with van der Waals surface area (Å²) in [5, 5.41) is 7.11. The summed E-state index contributed by atoms with van der Waals surface area (Å²) in [7, 11) is 1.84. The first-order valence-corrected chi connectivity index (χ1v) is 7.22. The summed E-state index contributed by atoms with van der Waals surface area (Å²) in [6.45, 7) is 1.84. The zero-order valence-electron chi connectivity index (χ0n) is 11.1. The highest BCUT2D eigenvalue weighted by atomic mass is 35.5. The number of benzene rings is 1. The van der Waals surface area contributed by atoms with Gasteiger partial charge in [0.15, 0.2) is 0 Å². The van der Waals surface area contributed by atoms with Crippen molar-refractivity contribution in [2.75, 3.05) is 11.1 Å². The Morgan fingerprint density at radius 1 is 1.55 bits per heavy atom. The van der Waals surface area contributed by atoms with Gasteiger partial charge < -0.3 is 11.1 Å². The summed E-state index contributed by atoms with van der Waals surface area (Å²) in [4.78, 5) is 13.0. The molecule has 0 aliphatic carbocycles. The number of carbonyl (C=O) groups excluding carboxylic acids is 1. The highest BCUT2D eigenvalue weighted by Crippen LogP contribution is 2.25. The SMILES string of the molecule is CC(Sc1cnn(C)c1)C(=O)Nc1ccc(Cl)c(N)c1. The number of amides is 1. The van der Waals surface area contributed by atoms with Crippen LogP contribution in [0.4, 0.5) is 11.4 Å². The Hall–Kier alpha value is -1.66. The summed E-state index contributed by atoms with van der Waals surface area (Å²) >= 11 is 7.28. The third-order valence-electron chi connectivity index (χ3n) is 2.63. The van der Waals surface area contributed by atoms with Crippen LogP contribution in [0.25, 0.3) is 0 Å². The number of hydrogen-bond acceptors (Lipinski definition) is 4. The topological polar surface area (TPSA) is 72.9 Å². The van der Waals surface area contributed by atoms with Gasteiger partial charge in [-0.05, 0) is 25.1 Å². The van der Waals surface area contributed by atoms with Crippen molar-refractivity contribution in [1.29, 1.82) is 0 Å². The predicted molar refractivity (Wildman–Crippen MR) is 83.0 cm³/mol. The fourth-order valence-corrected chi connectivity index (χ4v) is 2.60. The molecule has 1 amide bonds. The number of nitrogens with zero attached hydrogens (tertiary/aromatic N) is 2. The molecule has 1 aromatic carbocycles. The van der Waals surface area contributed by atoms with Crippen molar-refractivity contribution in [2.24, 2.45) is 7.05 Å². The molecular formula is C13H15ClN4OS. The molecule has 3 N–H and O–H groups in total. The quantitative estimate of drug-likeness (QED) is 0.673. The number of hydrogen-bond donors (Lipinski definition) is 2. The number of nitrogen functional groups attached to an aromatic ring is 1. The maximum absolute atomic E-state index is 12.1. The van der Waals surface area contributed by atoms with Crippen LogP contribution in [-0.4, -0.2) is 20.9 Å². The molecular weight excluding hydrogens is 296 g/mol. The van der Waals surface area contributed by atoms with E-state index in [1.807, 2.05) is 20.2 Å². The number of halogens is 1. The Labute approximate surface area is 126 Å². The number of aryl methyl sites for hydroxylation is 1. The smallest absolute Gasteiger partial charge is 0.237 e. The Bertz CT molecular complexity index is 629. The van der Waals surface area contributed by atoms with Gasteiger partial charge >= 0.3 is 0 Å². The molecule has 0 aliphatic heterocycles. The van der Waals surface area contributed by atoms with E-state index >= 15 is 0 Å². The molecule has 0 fully saturated rings. The van der Waals surface area contributed by atoms with Crippen LogP contribution >= 0.6 is 23.4 Å². The molecule has 0 radical (unpaired) electrons. The van der Waals surface area contributed by atoms with E-state index < -0.39 is 0 Å². The zero-order chi connectivity index (χ0) is 14.7. The minimum atomic E-state index is -0.240. The molecule has 0 saturated carbocycles. The minimum Gasteiger partial charge on any atom is -0.397 e. The van der Waals surface area contributed by atoms with Gasteiger partial charge in [-0.15, -0.1) is 11.8 Å². The van der Waals surface area contributed by atoms with Crippen molar-refractivity contribution >= 4 is 40.6 Å². The lowest BCUT2D eigenvalue weighted by atomic mass is 10.2. The van der Waals surface area contributed by atoms with Crippen LogP contribution in [0.5, 0.6) is 0 Å². The van der Waals surface area contributed by atoms with Gasteiger partial charge in [0.05, 0.1) is 22.2 Å². The standard InChI is InChI=1S/C13H15ClN4OS/c1-8(20-10-6-16-18(2)7-10)13(19)17-9-3-4-11(14)12(15)5-9/h3-8H,15H2,1-2H3,(H,17,19). The molecule has 0 bridgehead atoms. The molecule has 0 aliphatic rings. The van der Waals surface area contributed by atoms with Crippen LogP contribution in [0, 0.1) is 0 Å². The first-order valence-electron chi connectivity index (χ1n) is 5.97. The van der Waals surface area contributed by atoms with Gasteiger partial charge in [0.25, 0.3) is 0 Å². The van der Waals surface area contributed by atoms with Crippen molar-refractivity contribution in [3.05, 3.63) is 35.6 Å². The largest absolute Gasteiger partial charge is 0.397 e. The Kier molecular flexibility index (Phi) is 4.57. The third kappa shape index (κ3) is 3.68. The van der Waals surface area contributed by atoms with Crippen molar-refractivity contribution < 1.29 is 4.79 Å². The monoisotopic (exact) mass is 310 g/mol. The van der Waals surface area contributed by atoms with E-state index in [1.54, 1.807) is 29.1 Å². The molecule has 106 valence electrons. The minimum absolute atomic E-state index is 0.0967. The van der Waals surface area contributed by atoms with Crippen LogP contribution in [0.15, 0.2) is 35.5 Å². The van der Waals surface area contributed by atoms with E-state index in [0.29, 0.717) is 16.4 Å². The number of rotatable bonds is 4. The van der Waals surface area contributed by atoms with Crippen LogP contribution in [-0.2, 0) is 11.8 Å². The maximum Gasteiger partial charge on any atom is 0.237 e. The van der Waals surface area contributed by atoms with Gasteiger partial charge in [-0.3, -0.25) is 9.48 Å². The summed E-state index contributed by atoms with van der Waals surface area (Å²) in [5.74, 6) is -0.0967. The summed E-state index contributed by atoms with van der Waals surface area (Å²) in [6.07, 6.45) is 3.60.